The van der Waals surface area contributed by atoms with E-state index < -0.39 is 17.7 Å². The van der Waals surface area contributed by atoms with Crippen LogP contribution in [-0.4, -0.2) is 73.5 Å². The molecule has 194 valence electrons. The molecule has 0 radical (unpaired) electrons. The predicted octanol–water partition coefficient (Wildman–Crippen LogP) is 4.81. The van der Waals surface area contributed by atoms with E-state index in [0.717, 1.165) is 12.1 Å². The van der Waals surface area contributed by atoms with Crippen molar-refractivity contribution in [3.63, 3.8) is 0 Å². The summed E-state index contributed by atoms with van der Waals surface area (Å²) in [7, 11) is 1.62. The van der Waals surface area contributed by atoms with Gasteiger partial charge in [0, 0.05) is 33.3 Å². The number of carboxylic acids is 1. The van der Waals surface area contributed by atoms with Gasteiger partial charge >= 0.3 is 12.1 Å². The lowest BCUT2D eigenvalue weighted by Gasteiger charge is -2.41. The Morgan fingerprint density at radius 3 is 2.78 bits per heavy atom. The van der Waals surface area contributed by atoms with Crippen LogP contribution >= 0.6 is 22.9 Å². The Labute approximate surface area is 215 Å². The molecule has 12 heteroatoms. The van der Waals surface area contributed by atoms with Gasteiger partial charge in [-0.3, -0.25) is 9.69 Å². The monoisotopic (exact) mass is 543 g/mol. The number of hydrogen-bond donors (Lipinski definition) is 1. The number of halogens is 4. The van der Waals surface area contributed by atoms with Crippen LogP contribution in [0.15, 0.2) is 36.4 Å². The molecule has 1 aliphatic rings. The number of aromatic nitrogens is 1. The second-order valence-corrected chi connectivity index (χ2v) is 9.87. The Kier molecular flexibility index (Phi) is 8.23. The van der Waals surface area contributed by atoms with Crippen LogP contribution in [0.2, 0.25) is 5.02 Å². The van der Waals surface area contributed by atoms with Crippen LogP contribution in [0.25, 0.3) is 10.2 Å². The smallest absolute Gasteiger partial charge is 0.416 e. The molecule has 0 spiro atoms. The summed E-state index contributed by atoms with van der Waals surface area (Å²) in [5.74, 6) is -0.498. The number of carboxylic acid groups (broad SMARTS) is 1. The molecule has 0 saturated carbocycles. The van der Waals surface area contributed by atoms with Gasteiger partial charge in [0.2, 0.25) is 0 Å². The van der Waals surface area contributed by atoms with E-state index in [4.69, 9.17) is 26.2 Å². The minimum Gasteiger partial charge on any atom is -0.491 e. The maximum Gasteiger partial charge on any atom is 0.416 e. The van der Waals surface area contributed by atoms with Crippen molar-refractivity contribution in [1.29, 1.82) is 0 Å². The number of alkyl halides is 3. The fourth-order valence-electron chi connectivity index (χ4n) is 4.15. The third-order valence-corrected chi connectivity index (χ3v) is 7.32. The minimum atomic E-state index is -4.39. The zero-order valence-electron chi connectivity index (χ0n) is 19.4. The minimum absolute atomic E-state index is 0.0268. The van der Waals surface area contributed by atoms with Gasteiger partial charge in [0.1, 0.15) is 12.4 Å². The van der Waals surface area contributed by atoms with E-state index in [0.29, 0.717) is 71.1 Å². The van der Waals surface area contributed by atoms with Crippen molar-refractivity contribution >= 4 is 44.3 Å². The third kappa shape index (κ3) is 6.39. The molecule has 7 nitrogen and oxygen atoms in total. The topological polar surface area (TPSA) is 75.1 Å². The number of thiazole rings is 1. The van der Waals surface area contributed by atoms with E-state index in [9.17, 15) is 18.0 Å². The van der Waals surface area contributed by atoms with Crippen LogP contribution in [0.1, 0.15) is 11.1 Å². The number of anilines is 1. The van der Waals surface area contributed by atoms with Gasteiger partial charge < -0.3 is 19.5 Å². The van der Waals surface area contributed by atoms with Gasteiger partial charge in [-0.1, -0.05) is 29.0 Å². The predicted molar refractivity (Wildman–Crippen MR) is 132 cm³/mol. The van der Waals surface area contributed by atoms with Gasteiger partial charge in [-0.05, 0) is 35.9 Å². The lowest BCUT2D eigenvalue weighted by atomic mass is 10.1. The second kappa shape index (κ2) is 11.2. The standard InChI is InChI=1S/C24H25ClF3N3O4S/c1-34-14-17-13-31(23-29-19-5-3-16(24(26,27)28)12-21(19)36-23)7-6-30(17)8-9-35-20-10-15(11-22(32)33)2-4-18(20)25/h2-5,10,12,17H,6-9,11,13-14H2,1H3,(H,32,33)/t17-/m1/s1. The summed E-state index contributed by atoms with van der Waals surface area (Å²) < 4.78 is 51.0. The van der Waals surface area contributed by atoms with E-state index in [2.05, 4.69) is 14.8 Å². The van der Waals surface area contributed by atoms with Crippen molar-refractivity contribution in [3.05, 3.63) is 52.5 Å². The van der Waals surface area contributed by atoms with Crippen molar-refractivity contribution < 1.29 is 32.5 Å². The quantitative estimate of drug-likeness (QED) is 0.415. The number of hydrogen-bond acceptors (Lipinski definition) is 7. The Hall–Kier alpha value is -2.60. The second-order valence-electron chi connectivity index (χ2n) is 8.45. The maximum atomic E-state index is 13.1. The van der Waals surface area contributed by atoms with Crippen LogP contribution in [0.4, 0.5) is 18.3 Å². The van der Waals surface area contributed by atoms with Crippen LogP contribution in [0.5, 0.6) is 5.75 Å². The first kappa shape index (κ1) is 26.5. The van der Waals surface area contributed by atoms with Crippen molar-refractivity contribution in [2.24, 2.45) is 0 Å². The molecule has 0 bridgehead atoms. The maximum absolute atomic E-state index is 13.1. The Morgan fingerprint density at radius 2 is 2.06 bits per heavy atom. The SMILES string of the molecule is COC[C@H]1CN(c2nc3ccc(C(F)(F)F)cc3s2)CCN1CCOc1cc(CC(=O)O)ccc1Cl. The number of nitrogens with zero attached hydrogens (tertiary/aromatic N) is 3. The molecule has 4 rings (SSSR count). The third-order valence-electron chi connectivity index (χ3n) is 5.93. The number of methoxy groups -OCH3 is 1. The highest BCUT2D eigenvalue weighted by atomic mass is 35.5. The van der Waals surface area contributed by atoms with Gasteiger partial charge in [-0.15, -0.1) is 0 Å². The van der Waals surface area contributed by atoms with Crippen LogP contribution < -0.4 is 9.64 Å². The fourth-order valence-corrected chi connectivity index (χ4v) is 5.36. The van der Waals surface area contributed by atoms with Crippen molar-refractivity contribution in [2.75, 3.05) is 51.4 Å². The Morgan fingerprint density at radius 1 is 1.25 bits per heavy atom. The number of benzene rings is 2. The van der Waals surface area contributed by atoms with Crippen LogP contribution in [-0.2, 0) is 22.1 Å². The summed E-state index contributed by atoms with van der Waals surface area (Å²) in [4.78, 5) is 19.8. The zero-order valence-corrected chi connectivity index (χ0v) is 21.0. The number of carbonyl (C=O) groups is 1. The molecule has 0 unspecified atom stereocenters. The molecular formula is C24H25ClF3N3O4S. The Bertz CT molecular complexity index is 1220. The highest BCUT2D eigenvalue weighted by molar-refractivity contribution is 7.22. The van der Waals surface area contributed by atoms with Crippen molar-refractivity contribution in [2.45, 2.75) is 18.6 Å². The van der Waals surface area contributed by atoms with Crippen LogP contribution in [0.3, 0.4) is 0 Å². The molecule has 1 aromatic heterocycles. The van der Waals surface area contributed by atoms with Crippen molar-refractivity contribution in [1.82, 2.24) is 9.88 Å². The molecule has 0 amide bonds. The number of fused-ring (bicyclic) bond motifs is 1. The van der Waals surface area contributed by atoms with E-state index >= 15 is 0 Å². The summed E-state index contributed by atoms with van der Waals surface area (Å²) in [6, 6.07) is 8.56. The fraction of sp³-hybridized carbons (Fsp3) is 0.417. The molecule has 0 aliphatic carbocycles. The number of rotatable bonds is 9. The van der Waals surface area contributed by atoms with Gasteiger partial charge in [-0.25, -0.2) is 4.98 Å². The molecule has 1 aliphatic heterocycles. The average Bonchev–Trinajstić information content (AvgIpc) is 3.25. The molecule has 36 heavy (non-hydrogen) atoms. The lowest BCUT2D eigenvalue weighted by molar-refractivity contribution is -0.138. The number of aliphatic carboxylic acids is 1. The van der Waals surface area contributed by atoms with Crippen LogP contribution in [0, 0.1) is 0 Å². The summed E-state index contributed by atoms with van der Waals surface area (Å²) in [6.45, 7) is 3.35. The average molecular weight is 544 g/mol. The largest absolute Gasteiger partial charge is 0.491 e. The number of piperazine rings is 1. The molecule has 1 atom stereocenters. The molecule has 1 fully saturated rings. The van der Waals surface area contributed by atoms with Gasteiger partial charge in [0.25, 0.3) is 0 Å². The molecule has 2 heterocycles. The normalized spacial score (nSPS) is 17.0. The summed E-state index contributed by atoms with van der Waals surface area (Å²) in [5.41, 5.74) is 0.468. The van der Waals surface area contributed by atoms with Gasteiger partial charge in [0.15, 0.2) is 5.13 Å². The van der Waals surface area contributed by atoms with Gasteiger partial charge in [-0.2, -0.15) is 13.2 Å². The highest BCUT2D eigenvalue weighted by Crippen LogP contribution is 2.36. The Balaban J connectivity index is 1.39. The first-order chi connectivity index (χ1) is 17.1. The highest BCUT2D eigenvalue weighted by Gasteiger charge is 2.32. The molecule has 1 saturated heterocycles. The van der Waals surface area contributed by atoms with E-state index in [1.165, 1.54) is 17.4 Å². The molecule has 2 aromatic carbocycles. The summed E-state index contributed by atoms with van der Waals surface area (Å²) >= 11 is 7.46. The van der Waals surface area contributed by atoms with E-state index in [1.807, 2.05) is 0 Å². The molecule has 1 N–H and O–H groups in total. The van der Waals surface area contributed by atoms with E-state index in [1.54, 1.807) is 25.3 Å². The first-order valence-electron chi connectivity index (χ1n) is 11.2. The summed E-state index contributed by atoms with van der Waals surface area (Å²) in [6.07, 6.45) is -4.51. The summed E-state index contributed by atoms with van der Waals surface area (Å²) in [5, 5.41) is 10.1. The zero-order chi connectivity index (χ0) is 25.9. The van der Waals surface area contributed by atoms with E-state index in [-0.39, 0.29) is 12.5 Å². The lowest BCUT2D eigenvalue weighted by Crippen LogP contribution is -2.55. The first-order valence-corrected chi connectivity index (χ1v) is 12.4. The van der Waals surface area contributed by atoms with Crippen molar-refractivity contribution in [3.8, 4) is 5.75 Å². The molecule has 3 aromatic rings. The molecular weight excluding hydrogens is 519 g/mol. The van der Waals surface area contributed by atoms with Gasteiger partial charge in [0.05, 0.1) is 39.9 Å². The number of ether oxygens (including phenoxy) is 2.